The number of anilines is 1. The van der Waals surface area contributed by atoms with Crippen LogP contribution in [0.2, 0.25) is 5.02 Å². The maximum absolute atomic E-state index is 12.6. The normalized spacial score (nSPS) is 23.3. The van der Waals surface area contributed by atoms with Crippen LogP contribution in [-0.4, -0.2) is 41.9 Å². The maximum atomic E-state index is 12.6. The second-order valence-electron chi connectivity index (χ2n) is 5.82. The Hall–Kier alpha value is -1.59. The number of nitrogens with two attached hydrogens (primary N) is 1. The number of carbonyl (C=O) groups is 2. The van der Waals surface area contributed by atoms with Gasteiger partial charge in [0.2, 0.25) is 11.8 Å². The first-order chi connectivity index (χ1) is 9.94. The highest BCUT2D eigenvalue weighted by molar-refractivity contribution is 6.34. The lowest BCUT2D eigenvalue weighted by molar-refractivity contribution is -0.138. The van der Waals surface area contributed by atoms with Gasteiger partial charge in [0, 0.05) is 13.6 Å². The number of hydrogen-bond acceptors (Lipinski definition) is 3. The van der Waals surface area contributed by atoms with E-state index >= 15 is 0 Å². The molecule has 0 spiro atoms. The summed E-state index contributed by atoms with van der Waals surface area (Å²) in [5.41, 5.74) is 5.89. The molecule has 5 nitrogen and oxygen atoms in total. The summed E-state index contributed by atoms with van der Waals surface area (Å²) >= 11 is 6.15. The Morgan fingerprint density at radius 1 is 1.43 bits per heavy atom. The highest BCUT2D eigenvalue weighted by Crippen LogP contribution is 2.36. The molecule has 3 rings (SSSR count). The second-order valence-corrected chi connectivity index (χ2v) is 6.23. The highest BCUT2D eigenvalue weighted by atomic mass is 35.5. The van der Waals surface area contributed by atoms with Crippen LogP contribution in [0.25, 0.3) is 0 Å². The van der Waals surface area contributed by atoms with Gasteiger partial charge in [0.1, 0.15) is 6.04 Å². The summed E-state index contributed by atoms with van der Waals surface area (Å²) in [5, 5.41) is 0.540. The van der Waals surface area contributed by atoms with E-state index in [2.05, 4.69) is 0 Å². The molecule has 0 radical (unpaired) electrons. The predicted molar refractivity (Wildman–Crippen MR) is 81.1 cm³/mol. The highest BCUT2D eigenvalue weighted by Gasteiger charge is 2.50. The van der Waals surface area contributed by atoms with Crippen LogP contribution in [0.5, 0.6) is 0 Å². The Bertz CT molecular complexity index is 600. The standard InChI is InChI=1S/C15H18ClN3O2/c1-18(14(21)15(17)7-8-15)12-6-9-19(13(12)20)11-5-3-2-4-10(11)16/h2-5,12H,6-9,17H2,1H3. The molecular weight excluding hydrogens is 290 g/mol. The Balaban J connectivity index is 1.78. The van der Waals surface area contributed by atoms with Crippen LogP contribution in [-0.2, 0) is 9.59 Å². The van der Waals surface area contributed by atoms with Gasteiger partial charge in [-0.2, -0.15) is 0 Å². The largest absolute Gasteiger partial charge is 0.332 e. The molecule has 2 fully saturated rings. The number of likely N-dealkylation sites (N-methyl/N-ethyl adjacent to an activating group) is 1. The predicted octanol–water partition coefficient (Wildman–Crippen LogP) is 1.39. The zero-order valence-corrected chi connectivity index (χ0v) is 12.6. The van der Waals surface area contributed by atoms with Gasteiger partial charge in [-0.05, 0) is 31.4 Å². The third-order valence-electron chi connectivity index (χ3n) is 4.32. The topological polar surface area (TPSA) is 66.6 Å². The van der Waals surface area contributed by atoms with Crippen LogP contribution >= 0.6 is 11.6 Å². The first kappa shape index (κ1) is 14.4. The lowest BCUT2D eigenvalue weighted by Gasteiger charge is -2.26. The first-order valence-electron chi connectivity index (χ1n) is 7.06. The summed E-state index contributed by atoms with van der Waals surface area (Å²) in [5.74, 6) is -0.231. The fraction of sp³-hybridized carbons (Fsp3) is 0.467. The number of para-hydroxylation sites is 1. The quantitative estimate of drug-likeness (QED) is 0.918. The number of halogens is 1. The van der Waals surface area contributed by atoms with Gasteiger partial charge >= 0.3 is 0 Å². The summed E-state index contributed by atoms with van der Waals surface area (Å²) in [7, 11) is 1.66. The number of nitrogens with zero attached hydrogens (tertiary/aromatic N) is 2. The molecular formula is C15H18ClN3O2. The van der Waals surface area contributed by atoms with Crippen LogP contribution in [0, 0.1) is 0 Å². The van der Waals surface area contributed by atoms with E-state index in [9.17, 15) is 9.59 Å². The third-order valence-corrected chi connectivity index (χ3v) is 4.64. The van der Waals surface area contributed by atoms with Crippen molar-refractivity contribution in [2.24, 2.45) is 5.73 Å². The second kappa shape index (κ2) is 5.00. The summed E-state index contributed by atoms with van der Waals surface area (Å²) < 4.78 is 0. The molecule has 1 atom stereocenters. The molecule has 1 saturated carbocycles. The fourth-order valence-electron chi connectivity index (χ4n) is 2.78. The molecule has 1 aliphatic carbocycles. The summed E-state index contributed by atoms with van der Waals surface area (Å²) in [6.07, 6.45) is 2.00. The van der Waals surface area contributed by atoms with E-state index in [0.29, 0.717) is 36.5 Å². The van der Waals surface area contributed by atoms with Crippen LogP contribution in [0.15, 0.2) is 24.3 Å². The van der Waals surface area contributed by atoms with Crippen molar-refractivity contribution in [3.63, 3.8) is 0 Å². The van der Waals surface area contributed by atoms with Gasteiger partial charge in [-0.3, -0.25) is 9.59 Å². The van der Waals surface area contributed by atoms with Crippen LogP contribution in [0.4, 0.5) is 5.69 Å². The lowest BCUT2D eigenvalue weighted by Crippen LogP contribution is -2.50. The smallest absolute Gasteiger partial charge is 0.249 e. The molecule has 112 valence electrons. The van der Waals surface area contributed by atoms with Gasteiger partial charge in [-0.15, -0.1) is 0 Å². The van der Waals surface area contributed by atoms with E-state index in [1.165, 1.54) is 4.90 Å². The van der Waals surface area contributed by atoms with E-state index in [-0.39, 0.29) is 11.8 Å². The minimum absolute atomic E-state index is 0.0943. The fourth-order valence-corrected chi connectivity index (χ4v) is 3.01. The molecule has 0 bridgehead atoms. The summed E-state index contributed by atoms with van der Waals surface area (Å²) in [6, 6.07) is 6.79. The number of amides is 2. The van der Waals surface area contributed by atoms with Crippen molar-refractivity contribution in [1.82, 2.24) is 4.90 Å². The SMILES string of the molecule is CN(C(=O)C1(N)CC1)C1CCN(c2ccccc2Cl)C1=O. The molecule has 1 aliphatic heterocycles. The minimum atomic E-state index is -0.743. The average Bonchev–Trinajstić information content (AvgIpc) is 3.11. The van der Waals surface area contributed by atoms with E-state index in [1.807, 2.05) is 18.2 Å². The molecule has 1 unspecified atom stereocenters. The molecule has 6 heteroatoms. The molecule has 1 aromatic rings. The minimum Gasteiger partial charge on any atom is -0.332 e. The van der Waals surface area contributed by atoms with Crippen molar-refractivity contribution in [1.29, 1.82) is 0 Å². The Labute approximate surface area is 128 Å². The van der Waals surface area contributed by atoms with E-state index in [1.54, 1.807) is 18.0 Å². The van der Waals surface area contributed by atoms with Gasteiger partial charge in [0.05, 0.1) is 16.2 Å². The first-order valence-corrected chi connectivity index (χ1v) is 7.44. The van der Waals surface area contributed by atoms with Gasteiger partial charge < -0.3 is 15.5 Å². The van der Waals surface area contributed by atoms with Crippen LogP contribution in [0.3, 0.4) is 0 Å². The molecule has 2 amide bonds. The number of hydrogen-bond donors (Lipinski definition) is 1. The van der Waals surface area contributed by atoms with Gasteiger partial charge in [-0.25, -0.2) is 0 Å². The van der Waals surface area contributed by atoms with Crippen molar-refractivity contribution in [3.8, 4) is 0 Å². The number of benzene rings is 1. The van der Waals surface area contributed by atoms with Crippen LogP contribution in [0.1, 0.15) is 19.3 Å². The van der Waals surface area contributed by atoms with Crippen LogP contribution < -0.4 is 10.6 Å². The zero-order valence-electron chi connectivity index (χ0n) is 11.9. The van der Waals surface area contributed by atoms with Crippen molar-refractivity contribution >= 4 is 29.1 Å². The summed E-state index contributed by atoms with van der Waals surface area (Å²) in [4.78, 5) is 28.0. The number of rotatable bonds is 3. The molecule has 1 heterocycles. The molecule has 21 heavy (non-hydrogen) atoms. The van der Waals surface area contributed by atoms with Crippen molar-refractivity contribution in [2.45, 2.75) is 30.8 Å². The molecule has 2 N–H and O–H groups in total. The maximum Gasteiger partial charge on any atom is 0.249 e. The van der Waals surface area contributed by atoms with Gasteiger partial charge in [0.25, 0.3) is 0 Å². The van der Waals surface area contributed by atoms with Gasteiger partial charge in [-0.1, -0.05) is 23.7 Å². The van der Waals surface area contributed by atoms with E-state index in [0.717, 1.165) is 0 Å². The van der Waals surface area contributed by atoms with Crippen molar-refractivity contribution in [3.05, 3.63) is 29.3 Å². The molecule has 2 aliphatic rings. The van der Waals surface area contributed by atoms with E-state index in [4.69, 9.17) is 17.3 Å². The Morgan fingerprint density at radius 3 is 2.71 bits per heavy atom. The molecule has 0 aromatic heterocycles. The van der Waals surface area contributed by atoms with E-state index < -0.39 is 11.6 Å². The molecule has 1 aromatic carbocycles. The monoisotopic (exact) mass is 307 g/mol. The van der Waals surface area contributed by atoms with Gasteiger partial charge in [0.15, 0.2) is 0 Å². The third kappa shape index (κ3) is 2.40. The Morgan fingerprint density at radius 2 is 2.10 bits per heavy atom. The Kier molecular flexibility index (Phi) is 3.42. The summed E-state index contributed by atoms with van der Waals surface area (Å²) in [6.45, 7) is 0.558. The average molecular weight is 308 g/mol. The van der Waals surface area contributed by atoms with Crippen molar-refractivity contribution in [2.75, 3.05) is 18.5 Å². The lowest BCUT2D eigenvalue weighted by atomic mass is 10.1. The molecule has 1 saturated heterocycles. The van der Waals surface area contributed by atoms with Crippen molar-refractivity contribution < 1.29 is 9.59 Å². The zero-order chi connectivity index (χ0) is 15.2. The number of carbonyl (C=O) groups excluding carboxylic acids is 2.